The molecule has 0 aliphatic heterocycles. The average molecular weight is 371 g/mol. The fraction of sp³-hybridized carbons (Fsp3) is 0.300. The van der Waals surface area contributed by atoms with Crippen molar-refractivity contribution < 1.29 is 19.1 Å². The van der Waals surface area contributed by atoms with E-state index < -0.39 is 0 Å². The molecule has 0 saturated heterocycles. The van der Waals surface area contributed by atoms with Gasteiger partial charge in [0.15, 0.2) is 0 Å². The van der Waals surface area contributed by atoms with Crippen molar-refractivity contribution >= 4 is 17.5 Å². The quantitative estimate of drug-likeness (QED) is 0.554. The number of nitrogens with one attached hydrogen (secondary N) is 3. The zero-order valence-corrected chi connectivity index (χ0v) is 15.6. The van der Waals surface area contributed by atoms with E-state index in [9.17, 15) is 9.59 Å². The number of ether oxygens (including phenoxy) is 2. The number of amides is 2. The van der Waals surface area contributed by atoms with E-state index in [0.717, 1.165) is 11.3 Å². The Morgan fingerprint density at radius 1 is 0.963 bits per heavy atom. The number of methoxy groups -OCH3 is 2. The maximum atomic E-state index is 12.0. The first kappa shape index (κ1) is 20.4. The Bertz CT molecular complexity index is 730. The molecule has 0 aromatic heterocycles. The number of rotatable bonds is 10. The molecule has 7 nitrogen and oxygen atoms in total. The number of benzene rings is 2. The lowest BCUT2D eigenvalue weighted by molar-refractivity contribution is -0.115. The lowest BCUT2D eigenvalue weighted by Crippen LogP contribution is -2.28. The topological polar surface area (TPSA) is 88.7 Å². The molecule has 0 unspecified atom stereocenters. The Kier molecular flexibility index (Phi) is 8.28. The highest BCUT2D eigenvalue weighted by Crippen LogP contribution is 2.11. The van der Waals surface area contributed by atoms with Crippen molar-refractivity contribution in [1.29, 1.82) is 0 Å². The van der Waals surface area contributed by atoms with Crippen molar-refractivity contribution in [2.24, 2.45) is 0 Å². The second kappa shape index (κ2) is 10.9. The fourth-order valence-electron chi connectivity index (χ4n) is 2.34. The Morgan fingerprint density at radius 3 is 2.30 bits per heavy atom. The molecule has 0 heterocycles. The van der Waals surface area contributed by atoms with Crippen LogP contribution in [0.3, 0.4) is 0 Å². The minimum absolute atomic E-state index is 0.152. The van der Waals surface area contributed by atoms with Gasteiger partial charge < -0.3 is 25.4 Å². The van der Waals surface area contributed by atoms with E-state index in [4.69, 9.17) is 9.47 Å². The summed E-state index contributed by atoms with van der Waals surface area (Å²) >= 11 is 0. The number of hydrogen-bond donors (Lipinski definition) is 3. The van der Waals surface area contributed by atoms with Crippen LogP contribution >= 0.6 is 0 Å². The normalized spacial score (nSPS) is 10.3. The van der Waals surface area contributed by atoms with E-state index in [1.807, 2.05) is 24.3 Å². The van der Waals surface area contributed by atoms with Crippen molar-refractivity contribution in [3.05, 3.63) is 59.7 Å². The molecule has 2 rings (SSSR count). The standard InChI is InChI=1S/C20H25N3O4/c1-26-12-11-22-20(25)16-5-7-17(8-6-16)23-19(24)14-21-13-15-3-9-18(27-2)10-4-15/h3-10,21H,11-14H2,1-2H3,(H,22,25)(H,23,24). The minimum atomic E-state index is -0.175. The van der Waals surface area contributed by atoms with Gasteiger partial charge in [0.05, 0.1) is 20.3 Å². The van der Waals surface area contributed by atoms with Gasteiger partial charge >= 0.3 is 0 Å². The third kappa shape index (κ3) is 7.08. The smallest absolute Gasteiger partial charge is 0.251 e. The summed E-state index contributed by atoms with van der Waals surface area (Å²) in [5, 5.41) is 8.62. The van der Waals surface area contributed by atoms with Gasteiger partial charge in [-0.1, -0.05) is 12.1 Å². The van der Waals surface area contributed by atoms with Crippen LogP contribution in [0.5, 0.6) is 5.75 Å². The number of anilines is 1. The Morgan fingerprint density at radius 2 is 1.67 bits per heavy atom. The molecule has 0 bridgehead atoms. The molecule has 144 valence electrons. The fourth-order valence-corrected chi connectivity index (χ4v) is 2.34. The first-order chi connectivity index (χ1) is 13.1. The second-order valence-electron chi connectivity index (χ2n) is 5.83. The molecule has 2 aromatic rings. The molecule has 7 heteroatoms. The van der Waals surface area contributed by atoms with E-state index in [0.29, 0.717) is 30.9 Å². The zero-order valence-electron chi connectivity index (χ0n) is 15.6. The Labute approximate surface area is 159 Å². The molecule has 27 heavy (non-hydrogen) atoms. The van der Waals surface area contributed by atoms with Gasteiger partial charge in [0.1, 0.15) is 5.75 Å². The first-order valence-corrected chi connectivity index (χ1v) is 8.63. The molecule has 0 spiro atoms. The van der Waals surface area contributed by atoms with Gasteiger partial charge in [-0.3, -0.25) is 9.59 Å². The Hall–Kier alpha value is -2.90. The predicted octanol–water partition coefficient (Wildman–Crippen LogP) is 1.80. The lowest BCUT2D eigenvalue weighted by atomic mass is 10.2. The average Bonchev–Trinajstić information content (AvgIpc) is 2.69. The maximum absolute atomic E-state index is 12.0. The van der Waals surface area contributed by atoms with Crippen LogP contribution in [-0.4, -0.2) is 45.7 Å². The van der Waals surface area contributed by atoms with Crippen LogP contribution < -0.4 is 20.7 Å². The van der Waals surface area contributed by atoms with E-state index in [1.54, 1.807) is 38.5 Å². The van der Waals surface area contributed by atoms with Crippen LogP contribution in [-0.2, 0) is 16.1 Å². The summed E-state index contributed by atoms with van der Waals surface area (Å²) in [6, 6.07) is 14.4. The highest BCUT2D eigenvalue weighted by Gasteiger charge is 2.06. The molecule has 0 aliphatic rings. The molecule has 2 amide bonds. The highest BCUT2D eigenvalue weighted by molar-refractivity contribution is 5.96. The molecule has 0 atom stereocenters. The molecule has 2 aromatic carbocycles. The summed E-state index contributed by atoms with van der Waals surface area (Å²) in [6.45, 7) is 1.68. The van der Waals surface area contributed by atoms with Crippen molar-refractivity contribution in [2.75, 3.05) is 39.2 Å². The van der Waals surface area contributed by atoms with Crippen LogP contribution in [0.2, 0.25) is 0 Å². The van der Waals surface area contributed by atoms with Crippen molar-refractivity contribution in [2.45, 2.75) is 6.54 Å². The molecule has 0 fully saturated rings. The molecular formula is C20H25N3O4. The minimum Gasteiger partial charge on any atom is -0.497 e. The van der Waals surface area contributed by atoms with Crippen molar-refractivity contribution in [3.8, 4) is 5.75 Å². The first-order valence-electron chi connectivity index (χ1n) is 8.63. The zero-order chi connectivity index (χ0) is 19.5. The second-order valence-corrected chi connectivity index (χ2v) is 5.83. The summed E-state index contributed by atoms with van der Waals surface area (Å²) in [5.41, 5.74) is 2.23. The maximum Gasteiger partial charge on any atom is 0.251 e. The third-order valence-corrected chi connectivity index (χ3v) is 3.80. The van der Waals surface area contributed by atoms with E-state index >= 15 is 0 Å². The van der Waals surface area contributed by atoms with Crippen LogP contribution in [0, 0.1) is 0 Å². The van der Waals surface area contributed by atoms with Crippen LogP contribution in [0.1, 0.15) is 15.9 Å². The highest BCUT2D eigenvalue weighted by atomic mass is 16.5. The largest absolute Gasteiger partial charge is 0.497 e. The predicted molar refractivity (Wildman–Crippen MR) is 104 cm³/mol. The SMILES string of the molecule is COCCNC(=O)c1ccc(NC(=O)CNCc2ccc(OC)cc2)cc1. The number of carbonyl (C=O) groups excluding carboxylic acids is 2. The van der Waals surface area contributed by atoms with Gasteiger partial charge in [0.2, 0.25) is 5.91 Å². The molecular weight excluding hydrogens is 346 g/mol. The molecule has 0 aliphatic carbocycles. The lowest BCUT2D eigenvalue weighted by Gasteiger charge is -2.09. The van der Waals surface area contributed by atoms with Crippen molar-refractivity contribution in [3.63, 3.8) is 0 Å². The molecule has 0 saturated carbocycles. The van der Waals surface area contributed by atoms with Gasteiger partial charge in [-0.05, 0) is 42.0 Å². The van der Waals surface area contributed by atoms with Gasteiger partial charge in [-0.25, -0.2) is 0 Å². The summed E-state index contributed by atoms with van der Waals surface area (Å²) in [7, 11) is 3.20. The molecule has 3 N–H and O–H groups in total. The molecule has 0 radical (unpaired) electrons. The summed E-state index contributed by atoms with van der Waals surface area (Å²) < 4.78 is 10.00. The van der Waals surface area contributed by atoms with Crippen molar-refractivity contribution in [1.82, 2.24) is 10.6 Å². The monoisotopic (exact) mass is 371 g/mol. The Balaban J connectivity index is 1.73. The van der Waals surface area contributed by atoms with Crippen LogP contribution in [0.25, 0.3) is 0 Å². The summed E-state index contributed by atoms with van der Waals surface area (Å²) in [5.74, 6) is 0.471. The number of carbonyl (C=O) groups is 2. The summed E-state index contributed by atoms with van der Waals surface area (Å²) in [4.78, 5) is 23.9. The van der Waals surface area contributed by atoms with Crippen LogP contribution in [0.4, 0.5) is 5.69 Å². The van der Waals surface area contributed by atoms with Gasteiger partial charge in [-0.2, -0.15) is 0 Å². The van der Waals surface area contributed by atoms with Gasteiger partial charge in [0.25, 0.3) is 5.91 Å². The van der Waals surface area contributed by atoms with E-state index in [-0.39, 0.29) is 18.4 Å². The van der Waals surface area contributed by atoms with E-state index in [2.05, 4.69) is 16.0 Å². The van der Waals surface area contributed by atoms with E-state index in [1.165, 1.54) is 0 Å². The van der Waals surface area contributed by atoms with Gasteiger partial charge in [0, 0.05) is 31.5 Å². The van der Waals surface area contributed by atoms with Gasteiger partial charge in [-0.15, -0.1) is 0 Å². The van der Waals surface area contributed by atoms with Crippen LogP contribution in [0.15, 0.2) is 48.5 Å². The number of hydrogen-bond acceptors (Lipinski definition) is 5. The third-order valence-electron chi connectivity index (χ3n) is 3.80. The summed E-state index contributed by atoms with van der Waals surface area (Å²) in [6.07, 6.45) is 0.